The maximum absolute atomic E-state index is 12.9. The molecule has 0 unspecified atom stereocenters. The smallest absolute Gasteiger partial charge is 0.315 e. The highest BCUT2D eigenvalue weighted by atomic mass is 19.3. The molecule has 3 saturated carbocycles. The van der Waals surface area contributed by atoms with Crippen LogP contribution in [0.4, 0.5) is 20.4 Å². The summed E-state index contributed by atoms with van der Waals surface area (Å²) in [5.74, 6) is -0.170. The second-order valence-corrected chi connectivity index (χ2v) is 23.1. The third kappa shape index (κ3) is 15.0. The fourth-order valence-corrected chi connectivity index (χ4v) is 10.5. The van der Waals surface area contributed by atoms with Crippen LogP contribution < -0.4 is 32.7 Å². The molecule has 0 radical (unpaired) electrons. The predicted molar refractivity (Wildman–Crippen MR) is 302 cm³/mol. The lowest BCUT2D eigenvalue weighted by atomic mass is 9.72. The van der Waals surface area contributed by atoms with E-state index in [9.17, 15) is 28.0 Å². The van der Waals surface area contributed by atoms with Gasteiger partial charge in [-0.1, -0.05) is 130 Å². The minimum atomic E-state index is -3.01. The maximum atomic E-state index is 12.9. The first-order valence-electron chi connectivity index (χ1n) is 27.4. The first-order valence-corrected chi connectivity index (χ1v) is 27.4. The molecule has 78 heavy (non-hydrogen) atoms. The molecule has 2 aromatic heterocycles. The van der Waals surface area contributed by atoms with Crippen LogP contribution in [0, 0.1) is 17.3 Å². The second-order valence-electron chi connectivity index (χ2n) is 23.1. The number of halogens is 2. The number of nitrogens with zero attached hydrogens (tertiary/aromatic N) is 4. The van der Waals surface area contributed by atoms with E-state index in [4.69, 9.17) is 11.5 Å². The Morgan fingerprint density at radius 3 is 1.38 bits per heavy atom. The number of anilines is 2. The molecule has 3 aliphatic carbocycles. The van der Waals surface area contributed by atoms with Crippen LogP contribution in [0.15, 0.2) is 121 Å². The van der Waals surface area contributed by atoms with Crippen molar-refractivity contribution in [2.24, 2.45) is 28.7 Å². The van der Waals surface area contributed by atoms with Gasteiger partial charge in [-0.2, -0.15) is 8.78 Å². The topological polar surface area (TPSA) is 220 Å². The van der Waals surface area contributed by atoms with Crippen LogP contribution >= 0.6 is 0 Å². The van der Waals surface area contributed by atoms with E-state index in [1.807, 2.05) is 144 Å². The highest BCUT2D eigenvalue weighted by Gasteiger charge is 2.34. The molecule has 4 aromatic carbocycles. The number of benzene rings is 4. The molecule has 0 atom stereocenters. The SMILES string of the molecule is CC(C)(C)C(=O)NC1CCC(CC(=O)Nc2cc(-c3ccccc3)c(-c3ccc(C(C)(C)N)cc3)nn2)CC1.NC1(c2ccc(-c3nnc(NC(=O)CC4CCC(NC(=O)C(F)F)CC4)cc3-c3ccccc3)cc2)CCC1. The van der Waals surface area contributed by atoms with Gasteiger partial charge in [0.2, 0.25) is 17.7 Å². The van der Waals surface area contributed by atoms with Crippen molar-refractivity contribution in [1.82, 2.24) is 31.0 Å². The van der Waals surface area contributed by atoms with Gasteiger partial charge in [0.05, 0.1) is 0 Å². The van der Waals surface area contributed by atoms with Crippen LogP contribution in [0.2, 0.25) is 0 Å². The Balaban J connectivity index is 0.000000206. The van der Waals surface area contributed by atoms with E-state index < -0.39 is 23.3 Å². The van der Waals surface area contributed by atoms with Crippen molar-refractivity contribution in [3.8, 4) is 44.8 Å². The third-order valence-electron chi connectivity index (χ3n) is 15.4. The van der Waals surface area contributed by atoms with Crippen LogP contribution in [-0.2, 0) is 30.3 Å². The van der Waals surface area contributed by atoms with E-state index in [0.717, 1.165) is 101 Å². The van der Waals surface area contributed by atoms with Crippen molar-refractivity contribution in [1.29, 1.82) is 0 Å². The number of alkyl halides is 2. The van der Waals surface area contributed by atoms with Crippen LogP contribution in [0.25, 0.3) is 44.8 Å². The van der Waals surface area contributed by atoms with Gasteiger partial charge in [-0.25, -0.2) is 0 Å². The molecule has 3 fully saturated rings. The Labute approximate surface area is 456 Å². The molecule has 0 aliphatic heterocycles. The molecule has 410 valence electrons. The van der Waals surface area contributed by atoms with Crippen LogP contribution in [0.3, 0.4) is 0 Å². The van der Waals surface area contributed by atoms with Gasteiger partial charge in [-0.15, -0.1) is 20.4 Å². The van der Waals surface area contributed by atoms with Gasteiger partial charge < -0.3 is 32.7 Å². The summed E-state index contributed by atoms with van der Waals surface area (Å²) in [5, 5.41) is 29.1. The van der Waals surface area contributed by atoms with Gasteiger partial charge in [0.15, 0.2) is 11.6 Å². The summed E-state index contributed by atoms with van der Waals surface area (Å²) in [6, 6.07) is 39.7. The first kappa shape index (κ1) is 56.9. The van der Waals surface area contributed by atoms with Gasteiger partial charge in [-0.3, -0.25) is 19.2 Å². The lowest BCUT2D eigenvalue weighted by molar-refractivity contribution is -0.133. The number of aromatic nitrogens is 4. The summed E-state index contributed by atoms with van der Waals surface area (Å²) in [5.41, 5.74) is 20.9. The standard InChI is InChI=1S/C32H41N5O2.C30H33F2N5O2/c1-31(2,3)30(39)34-25-17-11-21(12-18-25)19-28(38)35-27-20-26(22-9-7-6-8-10-22)29(37-36-27)23-13-15-24(16-14-23)32(4,5)33;31-28(32)29(39)34-23-13-7-19(8-14-23)17-26(38)35-25-18-24(20-5-2-1-3-6-20)27(37-36-25)21-9-11-22(12-10-21)30(33)15-4-16-30/h6-10,13-16,20-21,25H,11-12,17-19,33H2,1-5H3,(H,34,39)(H,35,36,38);1-3,5-6,9-12,18-19,23,28H,4,7-8,13-17,33H2,(H,34,39)(H,35,36,38). The minimum Gasteiger partial charge on any atom is -0.353 e. The van der Waals surface area contributed by atoms with Crippen LogP contribution in [0.1, 0.15) is 129 Å². The van der Waals surface area contributed by atoms with Gasteiger partial charge in [0.25, 0.3) is 5.91 Å². The molecule has 14 nitrogen and oxygen atoms in total. The van der Waals surface area contributed by atoms with Crippen LogP contribution in [-0.4, -0.2) is 62.5 Å². The van der Waals surface area contributed by atoms with E-state index >= 15 is 0 Å². The molecule has 0 saturated heterocycles. The molecule has 3 aliphatic rings. The summed E-state index contributed by atoms with van der Waals surface area (Å²) in [6.07, 6.45) is 6.99. The molecule has 9 rings (SSSR count). The van der Waals surface area contributed by atoms with E-state index in [0.29, 0.717) is 56.1 Å². The Kier molecular flexibility index (Phi) is 18.2. The number of nitrogens with two attached hydrogens (primary N) is 2. The molecule has 2 heterocycles. The molecule has 4 amide bonds. The Morgan fingerprint density at radius 1 is 0.577 bits per heavy atom. The minimum absolute atomic E-state index is 0.0623. The average molecular weight is 1060 g/mol. The molecule has 6 aromatic rings. The molecule has 0 bridgehead atoms. The van der Waals surface area contributed by atoms with Crippen molar-refractivity contribution >= 4 is 35.3 Å². The summed E-state index contributed by atoms with van der Waals surface area (Å²) < 4.78 is 25.0. The van der Waals surface area contributed by atoms with E-state index in [-0.39, 0.29) is 41.3 Å². The molecular weight excluding hydrogens is 987 g/mol. The van der Waals surface area contributed by atoms with Gasteiger partial charge in [0.1, 0.15) is 11.4 Å². The summed E-state index contributed by atoms with van der Waals surface area (Å²) in [4.78, 5) is 49.3. The Bertz CT molecular complexity index is 3000. The highest BCUT2D eigenvalue weighted by molar-refractivity contribution is 5.93. The van der Waals surface area contributed by atoms with E-state index in [1.54, 1.807) is 0 Å². The fourth-order valence-electron chi connectivity index (χ4n) is 10.5. The number of hydrogen-bond donors (Lipinski definition) is 6. The molecule has 0 spiro atoms. The summed E-state index contributed by atoms with van der Waals surface area (Å²) >= 11 is 0. The number of amides is 4. The third-order valence-corrected chi connectivity index (χ3v) is 15.4. The normalized spacial score (nSPS) is 19.1. The number of carbonyl (C=O) groups excluding carboxylic acids is 4. The van der Waals surface area contributed by atoms with Crippen LogP contribution in [0.5, 0.6) is 0 Å². The highest BCUT2D eigenvalue weighted by Crippen LogP contribution is 2.40. The van der Waals surface area contributed by atoms with Gasteiger partial charge in [-0.05, 0) is 131 Å². The average Bonchev–Trinajstić information content (AvgIpc) is 3.43. The second kappa shape index (κ2) is 25.0. The van der Waals surface area contributed by atoms with E-state index in [2.05, 4.69) is 53.8 Å². The maximum Gasteiger partial charge on any atom is 0.315 e. The number of nitrogens with one attached hydrogen (secondary N) is 4. The number of carbonyl (C=O) groups is 4. The predicted octanol–water partition coefficient (Wildman–Crippen LogP) is 11.5. The zero-order chi connectivity index (χ0) is 55.6. The Hall–Kier alpha value is -7.30. The van der Waals surface area contributed by atoms with Crippen molar-refractivity contribution in [3.05, 3.63) is 132 Å². The van der Waals surface area contributed by atoms with Gasteiger partial charge >= 0.3 is 6.43 Å². The van der Waals surface area contributed by atoms with Crippen molar-refractivity contribution in [2.75, 3.05) is 10.6 Å². The quantitative estimate of drug-likeness (QED) is 0.0571. The largest absolute Gasteiger partial charge is 0.353 e. The lowest BCUT2D eigenvalue weighted by Gasteiger charge is -2.38. The molecule has 16 heteroatoms. The van der Waals surface area contributed by atoms with E-state index in [1.165, 1.54) is 0 Å². The van der Waals surface area contributed by atoms with Crippen molar-refractivity contribution in [3.63, 3.8) is 0 Å². The van der Waals surface area contributed by atoms with Gasteiger partial charge in [0, 0.05) is 63.7 Å². The van der Waals surface area contributed by atoms with Crippen molar-refractivity contribution in [2.45, 2.75) is 148 Å². The monoisotopic (exact) mass is 1060 g/mol. The summed E-state index contributed by atoms with van der Waals surface area (Å²) in [6.45, 7) is 9.73. The first-order chi connectivity index (χ1) is 37.2. The Morgan fingerprint density at radius 2 is 1.00 bits per heavy atom. The lowest BCUT2D eigenvalue weighted by Crippen LogP contribution is -2.43. The number of rotatable bonds is 15. The zero-order valence-corrected chi connectivity index (χ0v) is 45.5. The molecular formula is C62H74F2N10O4. The molecule has 8 N–H and O–H groups in total. The zero-order valence-electron chi connectivity index (χ0n) is 45.5. The fraction of sp³-hybridized carbons (Fsp3) is 0.419. The summed E-state index contributed by atoms with van der Waals surface area (Å²) in [7, 11) is 0. The van der Waals surface area contributed by atoms with Crippen molar-refractivity contribution < 1.29 is 28.0 Å². The number of hydrogen-bond acceptors (Lipinski definition) is 10.